The maximum atomic E-state index is 14.4. The van der Waals surface area contributed by atoms with Crippen LogP contribution in [-0.4, -0.2) is 85.9 Å². The van der Waals surface area contributed by atoms with Crippen LogP contribution in [-0.2, 0) is 29.4 Å². The lowest BCUT2D eigenvalue weighted by Gasteiger charge is -2.43. The Morgan fingerprint density at radius 3 is 1.84 bits per heavy atom. The van der Waals surface area contributed by atoms with E-state index < -0.39 is 30.1 Å². The van der Waals surface area contributed by atoms with Crippen LogP contribution in [0.5, 0.6) is 0 Å². The van der Waals surface area contributed by atoms with Crippen molar-refractivity contribution in [3.8, 4) is 11.1 Å². The van der Waals surface area contributed by atoms with E-state index in [1.807, 2.05) is 115 Å². The SMILES string of the molecule is O=C(CC(NC(=O)OCC1c2ccccc2-c2ccccc21)C(=O)N1CCN(C2COC2)CC1)OC(c1ccccc1)(c1ccccc1)c1ccccc1Cl. The Balaban J connectivity index is 1.06. The number of carbonyl (C=O) groups is 3. The zero-order valence-electron chi connectivity index (χ0n) is 30.3. The molecule has 0 spiro atoms. The number of hydrogen-bond donors (Lipinski definition) is 1. The van der Waals surface area contributed by atoms with E-state index in [0.717, 1.165) is 22.3 Å². The van der Waals surface area contributed by atoms with Crippen molar-refractivity contribution in [2.75, 3.05) is 46.0 Å². The van der Waals surface area contributed by atoms with Gasteiger partial charge in [0.15, 0.2) is 5.60 Å². The maximum absolute atomic E-state index is 14.4. The Labute approximate surface area is 325 Å². The number of benzene rings is 5. The molecule has 280 valence electrons. The minimum absolute atomic E-state index is 0.0605. The van der Waals surface area contributed by atoms with E-state index in [0.29, 0.717) is 67.1 Å². The Morgan fingerprint density at radius 1 is 0.727 bits per heavy atom. The van der Waals surface area contributed by atoms with E-state index in [1.54, 1.807) is 11.0 Å². The van der Waals surface area contributed by atoms with Crippen molar-refractivity contribution in [2.24, 2.45) is 0 Å². The number of hydrogen-bond acceptors (Lipinski definition) is 7. The fraction of sp³-hybridized carbons (Fsp3) is 0.267. The van der Waals surface area contributed by atoms with Gasteiger partial charge in [-0.3, -0.25) is 14.5 Å². The number of piperazine rings is 1. The lowest BCUT2D eigenvalue weighted by Crippen LogP contribution is -2.60. The molecule has 3 aliphatic rings. The Morgan fingerprint density at radius 2 is 1.27 bits per heavy atom. The van der Waals surface area contributed by atoms with Gasteiger partial charge in [0.2, 0.25) is 5.91 Å². The van der Waals surface area contributed by atoms with Crippen molar-refractivity contribution < 1.29 is 28.6 Å². The third-order valence-corrected chi connectivity index (χ3v) is 11.3. The highest BCUT2D eigenvalue weighted by Crippen LogP contribution is 2.45. The molecule has 1 unspecified atom stereocenters. The molecule has 1 N–H and O–H groups in total. The maximum Gasteiger partial charge on any atom is 0.407 e. The fourth-order valence-electron chi connectivity index (χ4n) is 8.07. The normalized spacial score (nSPS) is 16.3. The minimum Gasteiger partial charge on any atom is -0.449 e. The molecule has 1 atom stereocenters. The van der Waals surface area contributed by atoms with Crippen LogP contribution in [0.25, 0.3) is 11.1 Å². The average Bonchev–Trinajstić information content (AvgIpc) is 3.52. The number of rotatable bonds is 11. The van der Waals surface area contributed by atoms with E-state index in [2.05, 4.69) is 22.3 Å². The quantitative estimate of drug-likeness (QED) is 0.114. The zero-order chi connectivity index (χ0) is 37.8. The van der Waals surface area contributed by atoms with Gasteiger partial charge in [0.05, 0.1) is 25.7 Å². The summed E-state index contributed by atoms with van der Waals surface area (Å²) in [7, 11) is 0. The Hall–Kier alpha value is -5.48. The molecule has 8 rings (SSSR count). The molecule has 0 aromatic heterocycles. The second-order valence-electron chi connectivity index (χ2n) is 14.1. The van der Waals surface area contributed by atoms with Crippen molar-refractivity contribution in [1.82, 2.24) is 15.1 Å². The van der Waals surface area contributed by atoms with E-state index in [9.17, 15) is 14.4 Å². The first-order valence-electron chi connectivity index (χ1n) is 18.7. The van der Waals surface area contributed by atoms with Gasteiger partial charge in [0.25, 0.3) is 0 Å². The second-order valence-corrected chi connectivity index (χ2v) is 14.6. The highest BCUT2D eigenvalue weighted by Gasteiger charge is 2.43. The molecule has 9 nitrogen and oxygen atoms in total. The number of ether oxygens (including phenoxy) is 3. The fourth-order valence-corrected chi connectivity index (χ4v) is 8.34. The van der Waals surface area contributed by atoms with Crippen LogP contribution in [0.15, 0.2) is 133 Å². The summed E-state index contributed by atoms with van der Waals surface area (Å²) in [6, 6.07) is 41.3. The van der Waals surface area contributed by atoms with Crippen molar-refractivity contribution in [2.45, 2.75) is 30.0 Å². The molecule has 2 heterocycles. The number of esters is 1. The Kier molecular flexibility index (Phi) is 10.7. The standard InChI is InChI=1S/C45H42ClN3O6/c46-40-22-12-11-21-39(40)45(31-13-3-1-4-14-31,32-15-5-2-6-16-32)55-42(50)27-41(43(51)49-25-23-48(24-26-49)33-28-53-29-33)47-44(52)54-30-38-36-19-9-7-17-34(36)35-18-8-10-20-37(35)38/h1-22,33,38,41H,23-30H2,(H,47,52). The molecule has 2 saturated heterocycles. The number of carbonyl (C=O) groups excluding carboxylic acids is 3. The van der Waals surface area contributed by atoms with Crippen LogP contribution in [0.3, 0.4) is 0 Å². The number of amides is 2. The topological polar surface area (TPSA) is 97.4 Å². The third-order valence-electron chi connectivity index (χ3n) is 10.9. The van der Waals surface area contributed by atoms with Gasteiger partial charge >= 0.3 is 12.1 Å². The summed E-state index contributed by atoms with van der Waals surface area (Å²) in [6.07, 6.45) is -1.23. The van der Waals surface area contributed by atoms with Gasteiger partial charge in [-0.2, -0.15) is 0 Å². The molecular formula is C45H42ClN3O6. The van der Waals surface area contributed by atoms with Crippen LogP contribution in [0.2, 0.25) is 5.02 Å². The molecule has 2 fully saturated rings. The second kappa shape index (κ2) is 16.1. The van der Waals surface area contributed by atoms with Crippen LogP contribution in [0.4, 0.5) is 4.79 Å². The predicted octanol–water partition coefficient (Wildman–Crippen LogP) is 7.02. The molecule has 10 heteroatoms. The molecule has 5 aromatic carbocycles. The largest absolute Gasteiger partial charge is 0.449 e. The Bertz CT molecular complexity index is 2070. The van der Waals surface area contributed by atoms with Crippen LogP contribution < -0.4 is 5.32 Å². The number of halogens is 1. The number of nitrogens with one attached hydrogen (secondary N) is 1. The van der Waals surface area contributed by atoms with E-state index in [-0.39, 0.29) is 18.4 Å². The lowest BCUT2D eigenvalue weighted by molar-refractivity contribution is -0.156. The zero-order valence-corrected chi connectivity index (χ0v) is 31.1. The molecular weight excluding hydrogens is 714 g/mol. The van der Waals surface area contributed by atoms with Gasteiger partial charge in [-0.1, -0.05) is 139 Å². The average molecular weight is 756 g/mol. The van der Waals surface area contributed by atoms with E-state index in [1.165, 1.54) is 0 Å². The highest BCUT2D eigenvalue weighted by atomic mass is 35.5. The van der Waals surface area contributed by atoms with Gasteiger partial charge in [0.1, 0.15) is 12.6 Å². The molecule has 1 aliphatic carbocycles. The molecule has 0 bridgehead atoms. The summed E-state index contributed by atoms with van der Waals surface area (Å²) in [5.74, 6) is -1.25. The van der Waals surface area contributed by atoms with Crippen molar-refractivity contribution in [3.63, 3.8) is 0 Å². The van der Waals surface area contributed by atoms with Crippen molar-refractivity contribution in [3.05, 3.63) is 166 Å². The molecule has 0 saturated carbocycles. The summed E-state index contributed by atoms with van der Waals surface area (Å²) in [5.41, 5.74) is 4.79. The summed E-state index contributed by atoms with van der Waals surface area (Å²) in [4.78, 5) is 46.5. The van der Waals surface area contributed by atoms with Crippen LogP contribution in [0.1, 0.15) is 40.2 Å². The summed E-state index contributed by atoms with van der Waals surface area (Å²) >= 11 is 6.88. The predicted molar refractivity (Wildman–Crippen MR) is 210 cm³/mol. The summed E-state index contributed by atoms with van der Waals surface area (Å²) < 4.78 is 17.9. The van der Waals surface area contributed by atoms with Crippen LogP contribution in [0, 0.1) is 0 Å². The van der Waals surface area contributed by atoms with Crippen molar-refractivity contribution in [1.29, 1.82) is 0 Å². The first-order chi connectivity index (χ1) is 26.9. The van der Waals surface area contributed by atoms with Gasteiger partial charge < -0.3 is 24.4 Å². The van der Waals surface area contributed by atoms with Crippen molar-refractivity contribution >= 4 is 29.6 Å². The summed E-state index contributed by atoms with van der Waals surface area (Å²) in [6.45, 7) is 3.66. The minimum atomic E-state index is -1.47. The summed E-state index contributed by atoms with van der Waals surface area (Å²) in [5, 5.41) is 3.18. The molecule has 2 aliphatic heterocycles. The number of alkyl carbamates (subject to hydrolysis) is 1. The molecule has 55 heavy (non-hydrogen) atoms. The molecule has 0 radical (unpaired) electrons. The first-order valence-corrected chi connectivity index (χ1v) is 19.1. The van der Waals surface area contributed by atoms with Gasteiger partial charge in [0, 0.05) is 53.8 Å². The van der Waals surface area contributed by atoms with Gasteiger partial charge in [-0.25, -0.2) is 4.79 Å². The molecule has 5 aromatic rings. The highest BCUT2D eigenvalue weighted by molar-refractivity contribution is 6.31. The van der Waals surface area contributed by atoms with Gasteiger partial charge in [-0.05, 0) is 28.3 Å². The third kappa shape index (κ3) is 7.35. The van der Waals surface area contributed by atoms with E-state index in [4.69, 9.17) is 25.8 Å². The number of fused-ring (bicyclic) bond motifs is 3. The lowest BCUT2D eigenvalue weighted by atomic mass is 9.80. The smallest absolute Gasteiger partial charge is 0.407 e. The first kappa shape index (κ1) is 36.5. The van der Waals surface area contributed by atoms with Gasteiger partial charge in [-0.15, -0.1) is 0 Å². The molecule has 2 amide bonds. The van der Waals surface area contributed by atoms with E-state index >= 15 is 0 Å². The monoisotopic (exact) mass is 755 g/mol. The number of nitrogens with zero attached hydrogens (tertiary/aromatic N) is 2. The van der Waals surface area contributed by atoms with Crippen LogP contribution >= 0.6 is 11.6 Å².